The van der Waals surface area contributed by atoms with Gasteiger partial charge in [-0.05, 0) is 38.1 Å². The van der Waals surface area contributed by atoms with Crippen molar-refractivity contribution < 1.29 is 9.13 Å². The summed E-state index contributed by atoms with van der Waals surface area (Å²) in [6.07, 6.45) is 2.61. The summed E-state index contributed by atoms with van der Waals surface area (Å²) < 4.78 is 19.3. The molecular weight excluding hydrogens is 321 g/mol. The summed E-state index contributed by atoms with van der Waals surface area (Å²) in [5.74, 6) is 0.872. The zero-order chi connectivity index (χ0) is 17.8. The summed E-state index contributed by atoms with van der Waals surface area (Å²) >= 11 is 0. The van der Waals surface area contributed by atoms with Crippen molar-refractivity contribution in [2.24, 2.45) is 5.92 Å². The molecule has 0 spiro atoms. The van der Waals surface area contributed by atoms with Crippen molar-refractivity contribution in [2.45, 2.75) is 6.42 Å². The first kappa shape index (κ1) is 17.1. The third-order valence-corrected chi connectivity index (χ3v) is 4.40. The molecule has 3 rings (SSSR count). The van der Waals surface area contributed by atoms with E-state index in [1.807, 2.05) is 6.07 Å². The summed E-state index contributed by atoms with van der Waals surface area (Å²) in [5, 5.41) is 12.6. The van der Waals surface area contributed by atoms with Crippen LogP contribution < -0.4 is 10.1 Å². The molecule has 1 fully saturated rings. The van der Waals surface area contributed by atoms with Gasteiger partial charge in [-0.1, -0.05) is 0 Å². The first-order valence-electron chi connectivity index (χ1n) is 8.14. The SMILES string of the molecule is COc1ccc(-c2cnc(NCC3CCN(C)C3)nc2C#N)c(F)c1. The Hall–Kier alpha value is -2.72. The molecule has 7 heteroatoms. The second-order valence-electron chi connectivity index (χ2n) is 6.21. The minimum atomic E-state index is -0.478. The maximum Gasteiger partial charge on any atom is 0.223 e. The Morgan fingerprint density at radius 2 is 2.28 bits per heavy atom. The monoisotopic (exact) mass is 341 g/mol. The Kier molecular flexibility index (Phi) is 5.10. The summed E-state index contributed by atoms with van der Waals surface area (Å²) in [6.45, 7) is 2.88. The smallest absolute Gasteiger partial charge is 0.223 e. The maximum atomic E-state index is 14.3. The summed E-state index contributed by atoms with van der Waals surface area (Å²) in [7, 11) is 3.57. The molecule has 0 bridgehead atoms. The van der Waals surface area contributed by atoms with E-state index in [1.165, 1.54) is 19.4 Å². The van der Waals surface area contributed by atoms with E-state index >= 15 is 0 Å². The molecule has 1 aromatic carbocycles. The molecule has 6 nitrogen and oxygen atoms in total. The Balaban J connectivity index is 1.79. The van der Waals surface area contributed by atoms with Crippen molar-refractivity contribution in [3.05, 3.63) is 35.9 Å². The summed E-state index contributed by atoms with van der Waals surface area (Å²) in [4.78, 5) is 10.8. The van der Waals surface area contributed by atoms with Crippen LogP contribution in [-0.2, 0) is 0 Å². The fourth-order valence-corrected chi connectivity index (χ4v) is 3.02. The first-order chi connectivity index (χ1) is 12.1. The third kappa shape index (κ3) is 3.86. The molecule has 130 valence electrons. The average molecular weight is 341 g/mol. The number of anilines is 1. The molecule has 1 atom stereocenters. The maximum absolute atomic E-state index is 14.3. The lowest BCUT2D eigenvalue weighted by molar-refractivity contribution is 0.399. The Bertz CT molecular complexity index is 805. The zero-order valence-electron chi connectivity index (χ0n) is 14.3. The van der Waals surface area contributed by atoms with Crippen molar-refractivity contribution in [3.8, 4) is 22.9 Å². The van der Waals surface area contributed by atoms with E-state index in [0.717, 1.165) is 26.1 Å². The quantitative estimate of drug-likeness (QED) is 0.901. The van der Waals surface area contributed by atoms with Gasteiger partial charge >= 0.3 is 0 Å². The third-order valence-electron chi connectivity index (χ3n) is 4.40. The number of nitrogens with one attached hydrogen (secondary N) is 1. The van der Waals surface area contributed by atoms with Crippen LogP contribution in [0.25, 0.3) is 11.1 Å². The number of hydrogen-bond donors (Lipinski definition) is 1. The average Bonchev–Trinajstić information content (AvgIpc) is 3.05. The molecule has 0 radical (unpaired) electrons. The van der Waals surface area contributed by atoms with E-state index in [0.29, 0.717) is 23.2 Å². The Labute approximate surface area is 146 Å². The molecule has 0 aliphatic carbocycles. The molecule has 0 amide bonds. The lowest BCUT2D eigenvalue weighted by Crippen LogP contribution is -2.20. The van der Waals surface area contributed by atoms with Gasteiger partial charge in [0, 0.05) is 36.5 Å². The van der Waals surface area contributed by atoms with Crippen LogP contribution in [0.5, 0.6) is 5.75 Å². The highest BCUT2D eigenvalue weighted by Crippen LogP contribution is 2.28. The fraction of sp³-hybridized carbons (Fsp3) is 0.389. The van der Waals surface area contributed by atoms with E-state index in [4.69, 9.17) is 4.74 Å². The molecule has 2 heterocycles. The van der Waals surface area contributed by atoms with Crippen LogP contribution in [0.1, 0.15) is 12.1 Å². The number of hydrogen-bond acceptors (Lipinski definition) is 6. The molecule has 1 aromatic heterocycles. The normalized spacial score (nSPS) is 17.3. The minimum Gasteiger partial charge on any atom is -0.497 e. The van der Waals surface area contributed by atoms with Crippen LogP contribution in [0, 0.1) is 23.1 Å². The van der Waals surface area contributed by atoms with Gasteiger partial charge in [0.05, 0.1) is 7.11 Å². The molecule has 25 heavy (non-hydrogen) atoms. The predicted octanol–water partition coefficient (Wildman–Crippen LogP) is 2.53. The number of likely N-dealkylation sites (tertiary alicyclic amines) is 1. The van der Waals surface area contributed by atoms with Crippen LogP contribution in [-0.4, -0.2) is 48.7 Å². The number of methoxy groups -OCH3 is 1. The van der Waals surface area contributed by atoms with Gasteiger partial charge in [-0.2, -0.15) is 5.26 Å². The first-order valence-corrected chi connectivity index (χ1v) is 8.14. The molecular formula is C18H20FN5O. The van der Waals surface area contributed by atoms with E-state index in [1.54, 1.807) is 12.1 Å². The fourth-order valence-electron chi connectivity index (χ4n) is 3.02. The van der Waals surface area contributed by atoms with Gasteiger partial charge in [0.1, 0.15) is 17.6 Å². The lowest BCUT2D eigenvalue weighted by atomic mass is 10.1. The molecule has 1 saturated heterocycles. The van der Waals surface area contributed by atoms with Crippen LogP contribution in [0.2, 0.25) is 0 Å². The second kappa shape index (κ2) is 7.45. The van der Waals surface area contributed by atoms with Crippen LogP contribution in [0.4, 0.5) is 10.3 Å². The highest BCUT2D eigenvalue weighted by atomic mass is 19.1. The second-order valence-corrected chi connectivity index (χ2v) is 6.21. The van der Waals surface area contributed by atoms with Crippen molar-refractivity contribution >= 4 is 5.95 Å². The predicted molar refractivity (Wildman–Crippen MR) is 92.8 cm³/mol. The topological polar surface area (TPSA) is 74.1 Å². The molecule has 1 N–H and O–H groups in total. The van der Waals surface area contributed by atoms with Crippen molar-refractivity contribution in [2.75, 3.05) is 39.1 Å². The number of aromatic nitrogens is 2. The molecule has 1 aliphatic rings. The van der Waals surface area contributed by atoms with Crippen molar-refractivity contribution in [3.63, 3.8) is 0 Å². The minimum absolute atomic E-state index is 0.144. The van der Waals surface area contributed by atoms with Gasteiger partial charge in [0.2, 0.25) is 5.95 Å². The summed E-state index contributed by atoms with van der Waals surface area (Å²) in [5.41, 5.74) is 0.792. The van der Waals surface area contributed by atoms with Crippen molar-refractivity contribution in [1.29, 1.82) is 5.26 Å². The van der Waals surface area contributed by atoms with Gasteiger partial charge < -0.3 is 15.0 Å². The van der Waals surface area contributed by atoms with E-state index in [9.17, 15) is 9.65 Å². The van der Waals surface area contributed by atoms with Gasteiger partial charge in [-0.15, -0.1) is 0 Å². The molecule has 1 aliphatic heterocycles. The number of ether oxygens (including phenoxy) is 1. The largest absolute Gasteiger partial charge is 0.497 e. The highest BCUT2D eigenvalue weighted by molar-refractivity contribution is 5.69. The van der Waals surface area contributed by atoms with E-state index in [-0.39, 0.29) is 11.3 Å². The van der Waals surface area contributed by atoms with Gasteiger partial charge in [-0.25, -0.2) is 14.4 Å². The van der Waals surface area contributed by atoms with E-state index in [2.05, 4.69) is 27.2 Å². The van der Waals surface area contributed by atoms with Gasteiger partial charge in [-0.3, -0.25) is 0 Å². The summed E-state index contributed by atoms with van der Waals surface area (Å²) in [6, 6.07) is 6.51. The van der Waals surface area contributed by atoms with Crippen LogP contribution in [0.3, 0.4) is 0 Å². The number of nitrogens with zero attached hydrogens (tertiary/aromatic N) is 4. The number of benzene rings is 1. The standard InChI is InChI=1S/C18H20FN5O/c1-24-6-5-12(11-24)9-21-18-22-10-15(17(8-20)23-18)14-4-3-13(25-2)7-16(14)19/h3-4,7,10,12H,5-6,9,11H2,1-2H3,(H,21,22,23). The number of nitriles is 1. The molecule has 1 unspecified atom stereocenters. The van der Waals surface area contributed by atoms with Crippen molar-refractivity contribution in [1.82, 2.24) is 14.9 Å². The molecule has 2 aromatic rings. The van der Waals surface area contributed by atoms with Gasteiger partial charge in [0.15, 0.2) is 5.69 Å². The zero-order valence-corrected chi connectivity index (χ0v) is 14.3. The van der Waals surface area contributed by atoms with Crippen LogP contribution in [0.15, 0.2) is 24.4 Å². The molecule has 0 saturated carbocycles. The van der Waals surface area contributed by atoms with E-state index < -0.39 is 5.82 Å². The Morgan fingerprint density at radius 3 is 2.92 bits per heavy atom. The number of halogens is 1. The lowest BCUT2D eigenvalue weighted by Gasteiger charge is -2.12. The Morgan fingerprint density at radius 1 is 1.44 bits per heavy atom. The highest BCUT2D eigenvalue weighted by Gasteiger charge is 2.20. The number of rotatable bonds is 5. The van der Waals surface area contributed by atoms with Crippen LogP contribution >= 0.6 is 0 Å². The van der Waals surface area contributed by atoms with Gasteiger partial charge in [0.25, 0.3) is 0 Å².